The number of aliphatic hydroxyl groups is 7. The number of phosphoric acid groups is 1. The molecule has 380 valence electrons. The summed E-state index contributed by atoms with van der Waals surface area (Å²) in [6.45, 7) is 2.77. The first-order valence-electron chi connectivity index (χ1n) is 24.5. The number of esters is 2. The molecule has 8 N–H and O–H groups in total. The topological polar surface area (TPSA) is 267 Å². The molecular formula is C49H83O16P. The van der Waals surface area contributed by atoms with Crippen LogP contribution in [0.2, 0.25) is 0 Å². The van der Waals surface area contributed by atoms with Crippen LogP contribution in [0.4, 0.5) is 0 Å². The minimum Gasteiger partial charge on any atom is -0.462 e. The summed E-state index contributed by atoms with van der Waals surface area (Å²) in [6, 6.07) is 0. The Morgan fingerprint density at radius 1 is 0.742 bits per heavy atom. The molecule has 1 saturated carbocycles. The third-order valence-electron chi connectivity index (χ3n) is 12.0. The highest BCUT2D eigenvalue weighted by molar-refractivity contribution is 7.47. The molecule has 2 bridgehead atoms. The molecule has 16 nitrogen and oxygen atoms in total. The summed E-state index contributed by atoms with van der Waals surface area (Å²) in [5.74, 6) is -5.03. The molecule has 12 atom stereocenters. The second-order valence-corrected chi connectivity index (χ2v) is 19.2. The van der Waals surface area contributed by atoms with Crippen LogP contribution in [0.15, 0.2) is 48.6 Å². The minimum atomic E-state index is -5.46. The molecular weight excluding hydrogens is 875 g/mol. The maximum absolute atomic E-state index is 13.7. The fourth-order valence-electron chi connectivity index (χ4n) is 7.99. The molecule has 17 heteroatoms. The molecule has 2 rings (SSSR count). The van der Waals surface area contributed by atoms with E-state index in [0.717, 1.165) is 63.9 Å². The van der Waals surface area contributed by atoms with E-state index < -0.39 is 112 Å². The van der Waals surface area contributed by atoms with Crippen LogP contribution in [0, 0.1) is 11.8 Å². The van der Waals surface area contributed by atoms with Gasteiger partial charge in [0.15, 0.2) is 6.10 Å². The van der Waals surface area contributed by atoms with Gasteiger partial charge < -0.3 is 50.1 Å². The van der Waals surface area contributed by atoms with Gasteiger partial charge in [-0.05, 0) is 64.2 Å². The highest BCUT2D eigenvalue weighted by Crippen LogP contribution is 2.47. The van der Waals surface area contributed by atoms with Crippen molar-refractivity contribution in [3.8, 4) is 0 Å². The Kier molecular flexibility index (Phi) is 31.2. The Labute approximate surface area is 392 Å². The quantitative estimate of drug-likeness (QED) is 0.0248. The third kappa shape index (κ3) is 24.6. The highest BCUT2D eigenvalue weighted by atomic mass is 31.2. The molecule has 1 aliphatic carbocycles. The van der Waals surface area contributed by atoms with Crippen molar-refractivity contribution in [2.24, 2.45) is 11.8 Å². The zero-order chi connectivity index (χ0) is 48.7. The summed E-state index contributed by atoms with van der Waals surface area (Å²) in [4.78, 5) is 50.2. The van der Waals surface area contributed by atoms with Gasteiger partial charge in [-0.1, -0.05) is 127 Å². The van der Waals surface area contributed by atoms with Gasteiger partial charge in [0, 0.05) is 25.2 Å². The predicted octanol–water partition coefficient (Wildman–Crippen LogP) is 6.54. The van der Waals surface area contributed by atoms with E-state index in [-0.39, 0.29) is 19.3 Å². The number of hydrogen-bond acceptors (Lipinski definition) is 15. The van der Waals surface area contributed by atoms with Crippen LogP contribution in [0.1, 0.15) is 162 Å². The first-order valence-corrected chi connectivity index (χ1v) is 26.0. The maximum atomic E-state index is 13.7. The van der Waals surface area contributed by atoms with Crippen molar-refractivity contribution in [2.75, 3.05) is 13.2 Å². The highest BCUT2D eigenvalue weighted by Gasteiger charge is 2.49. The number of ether oxygens (including phenoxy) is 2. The third-order valence-corrected chi connectivity index (χ3v) is 13.0. The maximum Gasteiger partial charge on any atom is 0.472 e. The minimum absolute atomic E-state index is 0.00374. The fraction of sp³-hybridized carbons (Fsp3) is 0.776. The van der Waals surface area contributed by atoms with E-state index in [0.29, 0.717) is 44.9 Å². The monoisotopic (exact) mass is 959 g/mol. The van der Waals surface area contributed by atoms with Crippen molar-refractivity contribution in [3.63, 3.8) is 0 Å². The van der Waals surface area contributed by atoms with Gasteiger partial charge in [0.25, 0.3) is 0 Å². The standard InChI is InChI=1S/C49H83O16P/c1-3-5-7-8-9-10-11-12-13-14-15-16-17-18-19-20-26-30-43(54)64-37-34-62-42(53)29-25-22-21-24-28-38-40(51)33-41(52)39(32-31-36(50)27-23-6-4-2)45(56)47(58)49(48(59)46(57)44(38)55)65-66(60,61)63-35-37/h9-10,12-13,15-16,31-32,36-40,44-51,55-59H,3-8,11,14,17-30,33-35H2,1-2H3,(H,60,61)/b10-9-,13-12-,16-15-,32-31+/t36-,37+,38-,39-,40-,44+,45+,46-,47+,48+,49+/m0/s1. The molecule has 0 spiro atoms. The molecule has 66 heavy (non-hydrogen) atoms. The predicted molar refractivity (Wildman–Crippen MR) is 250 cm³/mol. The van der Waals surface area contributed by atoms with Crippen molar-refractivity contribution in [3.05, 3.63) is 48.6 Å². The van der Waals surface area contributed by atoms with Gasteiger partial charge in [0.1, 0.15) is 36.8 Å². The Morgan fingerprint density at radius 2 is 1.35 bits per heavy atom. The second kappa shape index (κ2) is 34.6. The average Bonchev–Trinajstić information content (AvgIpc) is 3.28. The van der Waals surface area contributed by atoms with E-state index in [9.17, 15) is 59.6 Å². The lowest BCUT2D eigenvalue weighted by molar-refractivity contribution is -0.167. The Bertz CT molecular complexity index is 1520. The molecule has 1 unspecified atom stereocenters. The number of ketones is 1. The number of hydrogen-bond donors (Lipinski definition) is 8. The van der Waals surface area contributed by atoms with E-state index in [1.807, 2.05) is 6.92 Å². The molecule has 1 heterocycles. The van der Waals surface area contributed by atoms with Crippen LogP contribution < -0.4 is 0 Å². The van der Waals surface area contributed by atoms with Crippen molar-refractivity contribution in [2.45, 2.75) is 216 Å². The smallest absolute Gasteiger partial charge is 0.462 e. The number of cyclic esters (lactones) is 1. The number of unbranched alkanes of at least 4 members (excludes halogenated alkanes) is 9. The SMILES string of the molecule is CCCCC/C=C\C/C=C\C/C=C\CCCCCCC(=O)O[C@@H]1COC(=O)CCCCCC[C@@H]2[C@@H](O)[C@H](O)[C@@H](O)[C@H](OP(=O)(O)OC1)[C@H](O)[C@H](O)[C@@H](/C=C/[C@@H](O)CCCCC)C(=O)C[C@@H]2O. The zero-order valence-electron chi connectivity index (χ0n) is 39.4. The first kappa shape index (κ1) is 59.5. The number of Topliss-reactive ketones (excluding diaryl/α,β-unsaturated/α-hetero) is 1. The van der Waals surface area contributed by atoms with E-state index in [1.54, 1.807) is 0 Å². The van der Waals surface area contributed by atoms with E-state index in [2.05, 4.69) is 43.4 Å². The molecule has 2 aliphatic rings. The van der Waals surface area contributed by atoms with Crippen LogP contribution in [0.5, 0.6) is 0 Å². The lowest BCUT2D eigenvalue weighted by Crippen LogP contribution is -2.55. The van der Waals surface area contributed by atoms with Gasteiger partial charge in [-0.15, -0.1) is 0 Å². The fourth-order valence-corrected chi connectivity index (χ4v) is 8.96. The molecule has 2 fully saturated rings. The van der Waals surface area contributed by atoms with Gasteiger partial charge in [-0.3, -0.25) is 23.4 Å². The molecule has 0 amide bonds. The van der Waals surface area contributed by atoms with Crippen molar-refractivity contribution in [1.29, 1.82) is 0 Å². The summed E-state index contributed by atoms with van der Waals surface area (Å²) in [5, 5.41) is 78.6. The van der Waals surface area contributed by atoms with Crippen molar-refractivity contribution >= 4 is 25.5 Å². The Hall–Kier alpha value is -2.60. The normalized spacial score (nSPS) is 31.2. The van der Waals surface area contributed by atoms with Gasteiger partial charge in [-0.25, -0.2) is 4.57 Å². The van der Waals surface area contributed by atoms with Gasteiger partial charge >= 0.3 is 19.8 Å². The summed E-state index contributed by atoms with van der Waals surface area (Å²) in [5.41, 5.74) is 0. The van der Waals surface area contributed by atoms with Gasteiger partial charge in [-0.2, -0.15) is 0 Å². The zero-order valence-corrected chi connectivity index (χ0v) is 40.3. The van der Waals surface area contributed by atoms with E-state index >= 15 is 0 Å². The van der Waals surface area contributed by atoms with Gasteiger partial charge in [0.2, 0.25) is 0 Å². The molecule has 0 aromatic rings. The number of fused-ring (bicyclic) bond motifs is 4. The Morgan fingerprint density at radius 3 is 2.03 bits per heavy atom. The lowest BCUT2D eigenvalue weighted by Gasteiger charge is -2.37. The van der Waals surface area contributed by atoms with E-state index in [4.69, 9.17) is 18.5 Å². The molecule has 0 aromatic heterocycles. The number of carbonyl (C=O) groups excluding carboxylic acids is 3. The van der Waals surface area contributed by atoms with Crippen LogP contribution >= 0.6 is 7.82 Å². The number of allylic oxidation sites excluding steroid dienone is 6. The molecule has 0 radical (unpaired) electrons. The number of rotatable bonds is 22. The average molecular weight is 959 g/mol. The molecule has 1 aliphatic heterocycles. The second-order valence-electron chi connectivity index (χ2n) is 17.7. The lowest BCUT2D eigenvalue weighted by atomic mass is 9.82. The Balaban J connectivity index is 2.17. The summed E-state index contributed by atoms with van der Waals surface area (Å²) in [7, 11) is -5.46. The summed E-state index contributed by atoms with van der Waals surface area (Å²) in [6.07, 6.45) is 12.1. The van der Waals surface area contributed by atoms with Crippen LogP contribution in [0.25, 0.3) is 0 Å². The largest absolute Gasteiger partial charge is 0.472 e. The summed E-state index contributed by atoms with van der Waals surface area (Å²) < 4.78 is 34.7. The van der Waals surface area contributed by atoms with Crippen molar-refractivity contribution in [1.82, 2.24) is 0 Å². The van der Waals surface area contributed by atoms with Crippen molar-refractivity contribution < 1.29 is 78.1 Å². The first-order chi connectivity index (χ1) is 31.6. The number of carbonyl (C=O) groups is 3. The number of phosphoric ester groups is 1. The number of aliphatic hydroxyl groups excluding tert-OH is 7. The molecule has 1 saturated heterocycles. The molecule has 0 aromatic carbocycles. The van der Waals surface area contributed by atoms with E-state index in [1.165, 1.54) is 25.3 Å². The van der Waals surface area contributed by atoms with Crippen LogP contribution in [0.3, 0.4) is 0 Å². The van der Waals surface area contributed by atoms with Gasteiger partial charge in [0.05, 0.1) is 36.9 Å². The summed E-state index contributed by atoms with van der Waals surface area (Å²) >= 11 is 0. The van der Waals surface area contributed by atoms with Crippen LogP contribution in [-0.4, -0.2) is 127 Å². The van der Waals surface area contributed by atoms with Crippen LogP contribution in [-0.2, 0) is 37.5 Å².